The molecule has 0 saturated carbocycles. The summed E-state index contributed by atoms with van der Waals surface area (Å²) in [7, 11) is 0. The Morgan fingerprint density at radius 3 is 0.778 bits per heavy atom. The fourth-order valence-electron chi connectivity index (χ4n) is 0. The van der Waals surface area contributed by atoms with Gasteiger partial charge in [-0.1, -0.05) is 0 Å². The van der Waals surface area contributed by atoms with Gasteiger partial charge >= 0.3 is 0 Å². The molecule has 0 heterocycles. The van der Waals surface area contributed by atoms with Gasteiger partial charge in [0.1, 0.15) is 11.6 Å². The Bertz CT molecular complexity index is 69.1. The summed E-state index contributed by atoms with van der Waals surface area (Å²) in [5, 5.41) is 0. The Kier molecular flexibility index (Phi) is 19.0. The van der Waals surface area contributed by atoms with Crippen molar-refractivity contribution in [2.45, 2.75) is 27.7 Å². The van der Waals surface area contributed by atoms with E-state index in [0.717, 1.165) is 0 Å². The molecule has 0 unspecified atom stereocenters. The summed E-state index contributed by atoms with van der Waals surface area (Å²) in [6.45, 7) is 6.11. The van der Waals surface area contributed by atoms with Crippen molar-refractivity contribution in [3.8, 4) is 0 Å². The van der Waals surface area contributed by atoms with Gasteiger partial charge in [-0.25, -0.2) is 0 Å². The summed E-state index contributed by atoms with van der Waals surface area (Å²) in [5.41, 5.74) is 0. The van der Waals surface area contributed by atoms with Gasteiger partial charge in [0.2, 0.25) is 0 Å². The van der Waals surface area contributed by atoms with Gasteiger partial charge in [-0.15, -0.1) is 0 Å². The smallest absolute Gasteiger partial charge is 0.126 e. The fraction of sp³-hybridized carbons (Fsp3) is 0.667. The maximum atomic E-state index is 9.44. The molecule has 0 aliphatic carbocycles. The molecule has 3 heteroatoms. The van der Waals surface area contributed by atoms with Crippen molar-refractivity contribution >= 4 is 11.6 Å². The van der Waals surface area contributed by atoms with E-state index in [-0.39, 0.29) is 28.1 Å². The van der Waals surface area contributed by atoms with Crippen LogP contribution in [0.5, 0.6) is 0 Å². The number of hydrogen-bond donors (Lipinski definition) is 0. The van der Waals surface area contributed by atoms with Crippen LogP contribution >= 0.6 is 0 Å². The van der Waals surface area contributed by atoms with Gasteiger partial charge in [0, 0.05) is 16.5 Å². The van der Waals surface area contributed by atoms with E-state index in [1.54, 1.807) is 0 Å². The maximum Gasteiger partial charge on any atom is 0.126 e. The summed E-state index contributed by atoms with van der Waals surface area (Å²) in [4.78, 5) is 18.9. The van der Waals surface area contributed by atoms with Crippen molar-refractivity contribution < 1.29 is 26.1 Å². The van der Waals surface area contributed by atoms with Crippen LogP contribution in [-0.2, 0) is 26.1 Å². The van der Waals surface area contributed by atoms with Crippen molar-refractivity contribution in [1.29, 1.82) is 0 Å². The number of ketones is 2. The van der Waals surface area contributed by atoms with Crippen molar-refractivity contribution in [2.24, 2.45) is 0 Å². The maximum absolute atomic E-state index is 9.44. The molecule has 0 atom stereocenters. The van der Waals surface area contributed by atoms with E-state index in [2.05, 4.69) is 0 Å². The van der Waals surface area contributed by atoms with E-state index in [4.69, 9.17) is 0 Å². The molecule has 0 N–H and O–H groups in total. The predicted molar refractivity (Wildman–Crippen MR) is 32.7 cm³/mol. The third-order valence-electron chi connectivity index (χ3n) is 0. The van der Waals surface area contributed by atoms with Crippen molar-refractivity contribution in [3.63, 3.8) is 0 Å². The second-order valence-electron chi connectivity index (χ2n) is 1.82. The average Bonchev–Trinajstić information content (AvgIpc) is 1.25. The Morgan fingerprint density at radius 1 is 0.778 bits per heavy atom. The summed E-state index contributed by atoms with van der Waals surface area (Å²) >= 11 is 0. The molecule has 0 bridgehead atoms. The van der Waals surface area contributed by atoms with Gasteiger partial charge in [0.25, 0.3) is 0 Å². The van der Waals surface area contributed by atoms with Crippen LogP contribution in [0.15, 0.2) is 0 Å². The van der Waals surface area contributed by atoms with Crippen molar-refractivity contribution in [1.82, 2.24) is 0 Å². The first-order chi connectivity index (χ1) is 3.46. The van der Waals surface area contributed by atoms with E-state index in [1.807, 2.05) is 0 Å². The van der Waals surface area contributed by atoms with Crippen LogP contribution in [0.2, 0.25) is 0 Å². The summed E-state index contributed by atoms with van der Waals surface area (Å²) in [5.74, 6) is 0.333. The molecule has 0 spiro atoms. The normalized spacial score (nSPS) is 5.78. The average molecular weight is 175 g/mol. The van der Waals surface area contributed by atoms with Crippen LogP contribution in [0.1, 0.15) is 27.7 Å². The molecule has 2 nitrogen and oxygen atoms in total. The first-order valence-corrected chi connectivity index (χ1v) is 2.41. The Hall–Kier alpha value is -0.166. The minimum absolute atomic E-state index is 0. The summed E-state index contributed by atoms with van der Waals surface area (Å²) < 4.78 is 0. The van der Waals surface area contributed by atoms with Crippen molar-refractivity contribution in [3.05, 3.63) is 0 Å². The Balaban J connectivity index is -0.0000000720. The third kappa shape index (κ3) is 9620. The van der Waals surface area contributed by atoms with E-state index >= 15 is 0 Å². The van der Waals surface area contributed by atoms with E-state index in [9.17, 15) is 9.59 Å². The molecule has 9 heavy (non-hydrogen) atoms. The summed E-state index contributed by atoms with van der Waals surface area (Å²) in [6.07, 6.45) is 0. The molecule has 58 valence electrons. The van der Waals surface area contributed by atoms with Crippen LogP contribution in [0, 0.1) is 0 Å². The van der Waals surface area contributed by atoms with Crippen LogP contribution in [-0.4, -0.2) is 11.6 Å². The van der Waals surface area contributed by atoms with E-state index < -0.39 is 0 Å². The predicted octanol–water partition coefficient (Wildman–Crippen LogP) is 1.19. The number of Topliss-reactive ketones (excluding diaryl/α,β-unsaturated/α-hetero) is 2. The molecular weight excluding hydrogens is 163 g/mol. The van der Waals surface area contributed by atoms with Crippen LogP contribution in [0.25, 0.3) is 0 Å². The Labute approximate surface area is 65.9 Å². The monoisotopic (exact) mass is 174 g/mol. The van der Waals surface area contributed by atoms with E-state index in [1.165, 1.54) is 27.7 Å². The molecule has 0 rings (SSSR count). The number of hydrogen-bond acceptors (Lipinski definition) is 2. The van der Waals surface area contributed by atoms with Gasteiger partial charge in [0.05, 0.1) is 0 Å². The van der Waals surface area contributed by atoms with Gasteiger partial charge < -0.3 is 9.59 Å². The minimum Gasteiger partial charge on any atom is -0.300 e. The van der Waals surface area contributed by atoms with Crippen molar-refractivity contribution in [2.75, 3.05) is 0 Å². The molecule has 0 fully saturated rings. The van der Waals surface area contributed by atoms with Gasteiger partial charge in [0.15, 0.2) is 0 Å². The fourth-order valence-corrected chi connectivity index (χ4v) is 0. The molecule has 0 aromatic rings. The molecule has 0 aromatic carbocycles. The summed E-state index contributed by atoms with van der Waals surface area (Å²) in [6, 6.07) is 0. The van der Waals surface area contributed by atoms with E-state index in [0.29, 0.717) is 0 Å². The molecular formula is C6H12NiO2. The second kappa shape index (κ2) is 10.7. The molecule has 0 amide bonds. The zero-order valence-corrected chi connectivity index (χ0v) is 7.12. The van der Waals surface area contributed by atoms with Gasteiger partial charge in [-0.05, 0) is 27.7 Å². The molecule has 0 aliphatic rings. The minimum atomic E-state index is 0. The zero-order chi connectivity index (χ0) is 7.15. The molecule has 0 saturated heterocycles. The Morgan fingerprint density at radius 2 is 0.778 bits per heavy atom. The topological polar surface area (TPSA) is 34.1 Å². The molecule has 0 radical (unpaired) electrons. The van der Waals surface area contributed by atoms with Crippen LogP contribution in [0.3, 0.4) is 0 Å². The standard InChI is InChI=1S/2C3H6O.Ni/c2*1-3(2)4;/h2*1-2H3;. The second-order valence-corrected chi connectivity index (χ2v) is 1.82. The largest absolute Gasteiger partial charge is 0.300 e. The zero-order valence-electron chi connectivity index (χ0n) is 6.13. The first kappa shape index (κ1) is 15.9. The quantitative estimate of drug-likeness (QED) is 0.518. The van der Waals surface area contributed by atoms with Crippen LogP contribution in [0.4, 0.5) is 0 Å². The SMILES string of the molecule is CC(C)=O.CC(C)=O.[Ni]. The third-order valence-corrected chi connectivity index (χ3v) is 0. The van der Waals surface area contributed by atoms with Crippen LogP contribution < -0.4 is 0 Å². The molecule has 0 aromatic heterocycles. The van der Waals surface area contributed by atoms with Gasteiger partial charge in [-0.3, -0.25) is 0 Å². The number of rotatable bonds is 0. The number of carbonyl (C=O) groups excluding carboxylic acids is 2. The molecule has 0 aliphatic heterocycles. The number of carbonyl (C=O) groups is 2. The van der Waals surface area contributed by atoms with Gasteiger partial charge in [-0.2, -0.15) is 0 Å². The first-order valence-electron chi connectivity index (χ1n) is 2.41.